The van der Waals surface area contributed by atoms with Crippen molar-refractivity contribution in [1.29, 1.82) is 0 Å². The number of aliphatic hydroxyl groups is 1. The second-order valence-electron chi connectivity index (χ2n) is 7.30. The number of nitrogens with one attached hydrogen (secondary N) is 1. The average molecular weight is 441 g/mol. The molecule has 1 unspecified atom stereocenters. The molecule has 0 bridgehead atoms. The first-order chi connectivity index (χ1) is 15.1. The largest absolute Gasteiger partial charge is 0.387 e. The van der Waals surface area contributed by atoms with Gasteiger partial charge < -0.3 is 15.2 Å². The second-order valence-corrected chi connectivity index (χ2v) is 8.28. The van der Waals surface area contributed by atoms with Crippen molar-refractivity contribution in [1.82, 2.24) is 24.6 Å². The van der Waals surface area contributed by atoms with Gasteiger partial charge in [-0.05, 0) is 31.0 Å². The quantitative estimate of drug-likeness (QED) is 0.468. The van der Waals surface area contributed by atoms with E-state index in [2.05, 4.69) is 32.3 Å². The number of thiazole rings is 1. The number of anilines is 1. The molecule has 4 aromatic rings. The minimum absolute atomic E-state index is 0.528. The number of pyridine rings is 2. The number of aromatic nitrogens is 5. The number of hydrogen-bond acceptors (Lipinski definition) is 8. The van der Waals surface area contributed by atoms with Crippen LogP contribution in [-0.4, -0.2) is 43.5 Å². The van der Waals surface area contributed by atoms with Crippen molar-refractivity contribution in [3.05, 3.63) is 35.9 Å². The van der Waals surface area contributed by atoms with E-state index in [0.29, 0.717) is 12.1 Å². The fourth-order valence-electron chi connectivity index (χ4n) is 3.11. The average Bonchev–Trinajstić information content (AvgIpc) is 3.48. The monoisotopic (exact) mass is 440 g/mol. The number of carbonyl (C=O) groups is 1. The summed E-state index contributed by atoms with van der Waals surface area (Å²) in [7, 11) is 1.85. The number of aryl methyl sites for hydroxylation is 1. The van der Waals surface area contributed by atoms with Gasteiger partial charge in [-0.3, -0.25) is 4.98 Å². The van der Waals surface area contributed by atoms with Gasteiger partial charge in [-0.2, -0.15) is 5.10 Å². The van der Waals surface area contributed by atoms with Gasteiger partial charge in [0.25, 0.3) is 0 Å². The maximum absolute atomic E-state index is 10.2. The van der Waals surface area contributed by atoms with Crippen LogP contribution in [-0.2, 0) is 4.79 Å². The van der Waals surface area contributed by atoms with Crippen LogP contribution in [0.3, 0.4) is 0 Å². The minimum atomic E-state index is -0.528. The lowest BCUT2D eigenvalue weighted by Gasteiger charge is -2.12. The van der Waals surface area contributed by atoms with Crippen LogP contribution < -0.4 is 5.32 Å². The Balaban J connectivity index is 0.000000490. The molecule has 1 saturated carbocycles. The van der Waals surface area contributed by atoms with E-state index in [9.17, 15) is 5.11 Å². The van der Waals surface area contributed by atoms with Gasteiger partial charge in [-0.15, -0.1) is 0 Å². The summed E-state index contributed by atoms with van der Waals surface area (Å²) in [5, 5.41) is 18.5. The van der Waals surface area contributed by atoms with Gasteiger partial charge in [0, 0.05) is 24.4 Å². The number of fused-ring (bicyclic) bond motifs is 3. The van der Waals surface area contributed by atoms with Crippen LogP contribution >= 0.6 is 11.3 Å². The Labute approximate surface area is 185 Å². The number of rotatable bonds is 5. The predicted octanol–water partition coefficient (Wildman–Crippen LogP) is 4.57. The third-order valence-corrected chi connectivity index (χ3v) is 5.85. The van der Waals surface area contributed by atoms with Gasteiger partial charge in [0.2, 0.25) is 0 Å². The molecule has 0 amide bonds. The van der Waals surface area contributed by atoms with Crippen LogP contribution in [0.5, 0.6) is 0 Å². The first kappa shape index (κ1) is 22.8. The summed E-state index contributed by atoms with van der Waals surface area (Å²) in [5.41, 5.74) is 5.29. The fraction of sp³-hybridized carbons (Fsp3) is 0.409. The molecule has 0 spiro atoms. The Kier molecular flexibility index (Phi) is 7.64. The highest BCUT2D eigenvalue weighted by molar-refractivity contribution is 7.21. The molecule has 31 heavy (non-hydrogen) atoms. The molecule has 0 aromatic carbocycles. The second kappa shape index (κ2) is 10.4. The highest BCUT2D eigenvalue weighted by Crippen LogP contribution is 2.34. The fourth-order valence-corrected chi connectivity index (χ4v) is 3.97. The lowest BCUT2D eigenvalue weighted by atomic mass is 10.0. The topological polar surface area (TPSA) is 105 Å². The van der Waals surface area contributed by atoms with E-state index in [-0.39, 0.29) is 0 Å². The van der Waals surface area contributed by atoms with Gasteiger partial charge in [-0.1, -0.05) is 43.9 Å². The highest BCUT2D eigenvalue weighted by Gasteiger charge is 2.17. The molecular weight excluding hydrogens is 412 g/mol. The molecular formula is C22H28N6O2S. The molecule has 164 valence electrons. The van der Waals surface area contributed by atoms with Crippen LogP contribution in [0.25, 0.3) is 27.1 Å². The molecule has 2 N–H and O–H groups in total. The van der Waals surface area contributed by atoms with Crippen molar-refractivity contribution in [2.75, 3.05) is 12.4 Å². The molecule has 5 rings (SSSR count). The molecule has 0 radical (unpaired) electrons. The maximum Gasteiger partial charge on any atom is 0.185 e. The summed E-state index contributed by atoms with van der Waals surface area (Å²) >= 11 is 1.54. The van der Waals surface area contributed by atoms with Crippen molar-refractivity contribution in [3.8, 4) is 11.1 Å². The smallest absolute Gasteiger partial charge is 0.185 e. The van der Waals surface area contributed by atoms with Gasteiger partial charge in [0.15, 0.2) is 10.8 Å². The lowest BCUT2D eigenvalue weighted by Crippen LogP contribution is -2.02. The van der Waals surface area contributed by atoms with Gasteiger partial charge in [0.05, 0.1) is 11.8 Å². The molecule has 1 atom stereocenters. The van der Waals surface area contributed by atoms with E-state index in [1.807, 2.05) is 43.6 Å². The van der Waals surface area contributed by atoms with Crippen LogP contribution in [0.4, 0.5) is 5.13 Å². The molecule has 0 saturated heterocycles. The van der Waals surface area contributed by atoms with Gasteiger partial charge in [-0.25, -0.2) is 14.5 Å². The zero-order chi connectivity index (χ0) is 22.4. The molecule has 0 aliphatic heterocycles. The third kappa shape index (κ3) is 5.05. The number of aliphatic hydroxyl groups excluding tert-OH is 1. The highest BCUT2D eigenvalue weighted by atomic mass is 32.1. The Morgan fingerprint density at radius 3 is 2.58 bits per heavy atom. The number of hydrogen-bond donors (Lipinski definition) is 2. The molecule has 1 aliphatic carbocycles. The number of nitrogens with zero attached hydrogens (tertiary/aromatic N) is 5. The molecule has 4 heterocycles. The third-order valence-electron chi connectivity index (χ3n) is 4.79. The molecule has 4 aromatic heterocycles. The van der Waals surface area contributed by atoms with Gasteiger partial charge in [0.1, 0.15) is 23.5 Å². The Bertz CT molecular complexity index is 1150. The van der Waals surface area contributed by atoms with E-state index in [1.54, 1.807) is 17.7 Å². The normalized spacial score (nSPS) is 13.2. The summed E-state index contributed by atoms with van der Waals surface area (Å²) in [6, 6.07) is 3.98. The molecule has 1 aliphatic rings. The lowest BCUT2D eigenvalue weighted by molar-refractivity contribution is -0.0979. The first-order valence-corrected chi connectivity index (χ1v) is 11.2. The molecule has 1 fully saturated rings. The van der Waals surface area contributed by atoms with Crippen LogP contribution in [0, 0.1) is 6.92 Å². The van der Waals surface area contributed by atoms with E-state index in [4.69, 9.17) is 4.79 Å². The predicted molar refractivity (Wildman–Crippen MR) is 125 cm³/mol. The first-order valence-electron chi connectivity index (χ1n) is 10.4. The van der Waals surface area contributed by atoms with E-state index >= 15 is 0 Å². The molecule has 8 nitrogen and oxygen atoms in total. The van der Waals surface area contributed by atoms with Crippen LogP contribution in [0.2, 0.25) is 0 Å². The summed E-state index contributed by atoms with van der Waals surface area (Å²) in [4.78, 5) is 22.5. The van der Waals surface area contributed by atoms with E-state index in [0.717, 1.165) is 44.2 Å². The van der Waals surface area contributed by atoms with Crippen molar-refractivity contribution < 1.29 is 9.90 Å². The Hall–Kier alpha value is -2.91. The Morgan fingerprint density at radius 2 is 1.97 bits per heavy atom. The Morgan fingerprint density at radius 1 is 1.23 bits per heavy atom. The van der Waals surface area contributed by atoms with Crippen LogP contribution in [0.1, 0.15) is 56.4 Å². The summed E-state index contributed by atoms with van der Waals surface area (Å²) in [5.74, 6) is 0. The molecule has 9 heteroatoms. The van der Waals surface area contributed by atoms with Crippen molar-refractivity contribution in [3.63, 3.8) is 0 Å². The minimum Gasteiger partial charge on any atom is -0.387 e. The number of carbonyl (C=O) groups excluding carboxylic acids is 1. The van der Waals surface area contributed by atoms with Crippen molar-refractivity contribution >= 4 is 39.3 Å². The van der Waals surface area contributed by atoms with E-state index in [1.165, 1.54) is 19.3 Å². The van der Waals surface area contributed by atoms with Crippen molar-refractivity contribution in [2.45, 2.75) is 52.1 Å². The standard InChI is InChI=1S/C18H20N6OS.C3H6.CH2O/c1-4-5-15(25)13-6-10(2)12(8-20-13)11-7-14-17(26-18(19-3)23-14)24-16(11)21-9-22-24;1-2-3-1;1-2/h6-9,15,25H,4-5H2,1-3H3,(H,19,23);1-3H2;1H2. The van der Waals surface area contributed by atoms with Crippen molar-refractivity contribution in [2.24, 2.45) is 0 Å². The van der Waals surface area contributed by atoms with Gasteiger partial charge >= 0.3 is 0 Å². The zero-order valence-corrected chi connectivity index (χ0v) is 18.9. The summed E-state index contributed by atoms with van der Waals surface area (Å²) < 4.78 is 1.82. The SMILES string of the molecule is C1CC1.C=O.CCCC(O)c1cc(C)c(-c2cc3nc(NC)sc3n3ncnc23)cn1. The zero-order valence-electron chi connectivity index (χ0n) is 18.1. The van der Waals surface area contributed by atoms with E-state index < -0.39 is 6.10 Å². The summed E-state index contributed by atoms with van der Waals surface area (Å²) in [6.07, 6.45) is 8.96. The van der Waals surface area contributed by atoms with Crippen LogP contribution in [0.15, 0.2) is 24.7 Å². The summed E-state index contributed by atoms with van der Waals surface area (Å²) in [6.45, 7) is 6.07. The maximum atomic E-state index is 10.2.